The first-order chi connectivity index (χ1) is 9.81. The first-order valence-electron chi connectivity index (χ1n) is 6.60. The van der Waals surface area contributed by atoms with Gasteiger partial charge in [0.1, 0.15) is 0 Å². The van der Waals surface area contributed by atoms with Crippen molar-refractivity contribution < 1.29 is 0 Å². The van der Waals surface area contributed by atoms with Crippen LogP contribution in [0.15, 0.2) is 40.5 Å². The maximum absolute atomic E-state index is 12.1. The molecule has 1 aliphatic heterocycles. The summed E-state index contributed by atoms with van der Waals surface area (Å²) < 4.78 is 0. The average molecular weight is 283 g/mol. The van der Waals surface area contributed by atoms with Crippen molar-refractivity contribution >= 4 is 28.2 Å². The largest absolute Gasteiger partial charge is 0.338 e. The van der Waals surface area contributed by atoms with Gasteiger partial charge in [-0.1, -0.05) is 12.1 Å². The van der Waals surface area contributed by atoms with Crippen molar-refractivity contribution in [3.8, 4) is 0 Å². The second-order valence-corrected chi connectivity index (χ2v) is 5.95. The summed E-state index contributed by atoms with van der Waals surface area (Å²) in [5.41, 5.74) is 2.03. The van der Waals surface area contributed by atoms with Crippen molar-refractivity contribution in [2.24, 2.45) is 0 Å². The van der Waals surface area contributed by atoms with E-state index in [4.69, 9.17) is 0 Å². The monoisotopic (exact) mass is 283 g/mol. The lowest BCUT2D eigenvalue weighted by Crippen LogP contribution is -2.32. The molecule has 2 aromatic heterocycles. The van der Waals surface area contributed by atoms with Crippen molar-refractivity contribution in [1.82, 2.24) is 9.97 Å². The molecule has 0 radical (unpaired) electrons. The van der Waals surface area contributed by atoms with E-state index in [-0.39, 0.29) is 5.56 Å². The van der Waals surface area contributed by atoms with Crippen LogP contribution >= 0.6 is 11.3 Å². The van der Waals surface area contributed by atoms with Crippen LogP contribution in [0.1, 0.15) is 10.4 Å². The average Bonchev–Trinajstić information content (AvgIpc) is 2.94. The van der Waals surface area contributed by atoms with E-state index < -0.39 is 0 Å². The minimum absolute atomic E-state index is 0.0679. The van der Waals surface area contributed by atoms with E-state index in [1.165, 1.54) is 10.4 Å². The fourth-order valence-electron chi connectivity index (χ4n) is 2.65. The van der Waals surface area contributed by atoms with Gasteiger partial charge in [-0.15, -0.1) is 11.3 Å². The van der Waals surface area contributed by atoms with Crippen molar-refractivity contribution in [3.63, 3.8) is 0 Å². The van der Waals surface area contributed by atoms with Crippen LogP contribution in [0.5, 0.6) is 0 Å². The minimum atomic E-state index is -0.0679. The summed E-state index contributed by atoms with van der Waals surface area (Å²) in [5.74, 6) is 0.672. The number of rotatable bonds is 1. The molecule has 1 aliphatic rings. The number of thiophene rings is 1. The molecule has 5 heteroatoms. The Labute approximate surface area is 119 Å². The standard InChI is InChI=1S/C15H13N3OS/c19-14-11-3-1-2-4-12(11)16-15(17-14)18-7-5-13-10(9-18)6-8-20-13/h1-4,6,8H,5,7,9H2,(H,16,17,19). The van der Waals surface area contributed by atoms with Crippen LogP contribution in [0.4, 0.5) is 5.95 Å². The SMILES string of the molecule is O=c1[nH]c(N2CCc3sccc3C2)nc2ccccc12. The molecular formula is C15H13N3OS. The molecule has 0 saturated carbocycles. The highest BCUT2D eigenvalue weighted by Gasteiger charge is 2.19. The number of hydrogen-bond acceptors (Lipinski definition) is 4. The number of fused-ring (bicyclic) bond motifs is 2. The van der Waals surface area contributed by atoms with Crippen LogP contribution < -0.4 is 10.5 Å². The summed E-state index contributed by atoms with van der Waals surface area (Å²) in [6, 6.07) is 9.61. The molecule has 0 bridgehead atoms. The maximum atomic E-state index is 12.1. The van der Waals surface area contributed by atoms with Crippen molar-refractivity contribution in [1.29, 1.82) is 0 Å². The van der Waals surface area contributed by atoms with E-state index in [9.17, 15) is 4.79 Å². The molecule has 0 atom stereocenters. The zero-order chi connectivity index (χ0) is 13.5. The van der Waals surface area contributed by atoms with Crippen LogP contribution in [0.25, 0.3) is 10.9 Å². The van der Waals surface area contributed by atoms with Crippen molar-refractivity contribution in [2.45, 2.75) is 13.0 Å². The number of hydrogen-bond donors (Lipinski definition) is 1. The highest BCUT2D eigenvalue weighted by atomic mass is 32.1. The molecule has 0 saturated heterocycles. The topological polar surface area (TPSA) is 49.0 Å². The third kappa shape index (κ3) is 1.82. The Bertz CT molecular complexity index is 836. The fourth-order valence-corrected chi connectivity index (χ4v) is 3.54. The number of nitrogens with zero attached hydrogens (tertiary/aromatic N) is 2. The van der Waals surface area contributed by atoms with E-state index >= 15 is 0 Å². The van der Waals surface area contributed by atoms with Crippen LogP contribution in [-0.4, -0.2) is 16.5 Å². The molecule has 3 heterocycles. The summed E-state index contributed by atoms with van der Waals surface area (Å²) in [7, 11) is 0. The lowest BCUT2D eigenvalue weighted by molar-refractivity contribution is 0.718. The Hall–Kier alpha value is -2.14. The molecule has 0 fully saturated rings. The molecule has 0 aliphatic carbocycles. The maximum Gasteiger partial charge on any atom is 0.260 e. The number of para-hydroxylation sites is 1. The molecule has 1 N–H and O–H groups in total. The summed E-state index contributed by atoms with van der Waals surface area (Å²) in [5, 5.41) is 2.77. The van der Waals surface area contributed by atoms with Crippen molar-refractivity contribution in [2.75, 3.05) is 11.4 Å². The van der Waals surface area contributed by atoms with Gasteiger partial charge in [0.2, 0.25) is 5.95 Å². The molecule has 20 heavy (non-hydrogen) atoms. The first kappa shape index (κ1) is 11.7. The highest BCUT2D eigenvalue weighted by Crippen LogP contribution is 2.26. The van der Waals surface area contributed by atoms with E-state index in [1.54, 1.807) is 6.07 Å². The molecule has 0 amide bonds. The van der Waals surface area contributed by atoms with Crippen LogP contribution in [0.2, 0.25) is 0 Å². The van der Waals surface area contributed by atoms with E-state index in [0.29, 0.717) is 11.3 Å². The highest BCUT2D eigenvalue weighted by molar-refractivity contribution is 7.10. The lowest BCUT2D eigenvalue weighted by atomic mass is 10.1. The van der Waals surface area contributed by atoms with E-state index in [1.807, 2.05) is 29.5 Å². The van der Waals surface area contributed by atoms with Crippen LogP contribution in [0.3, 0.4) is 0 Å². The van der Waals surface area contributed by atoms with Crippen molar-refractivity contribution in [3.05, 3.63) is 56.5 Å². The molecular weight excluding hydrogens is 270 g/mol. The normalized spacial score (nSPS) is 14.5. The number of aromatic nitrogens is 2. The van der Waals surface area contributed by atoms with Gasteiger partial charge < -0.3 is 4.90 Å². The van der Waals surface area contributed by atoms with Crippen LogP contribution in [0, 0.1) is 0 Å². The second kappa shape index (κ2) is 4.45. The zero-order valence-electron chi connectivity index (χ0n) is 10.8. The van der Waals surface area contributed by atoms with Gasteiger partial charge in [-0.3, -0.25) is 9.78 Å². The second-order valence-electron chi connectivity index (χ2n) is 4.95. The summed E-state index contributed by atoms with van der Waals surface area (Å²) in [4.78, 5) is 23.2. The summed E-state index contributed by atoms with van der Waals surface area (Å²) >= 11 is 1.81. The summed E-state index contributed by atoms with van der Waals surface area (Å²) in [6.07, 6.45) is 1.02. The number of aromatic amines is 1. The van der Waals surface area contributed by atoms with Gasteiger partial charge in [-0.05, 0) is 35.6 Å². The fraction of sp³-hybridized carbons (Fsp3) is 0.200. The number of anilines is 1. The number of nitrogens with one attached hydrogen (secondary N) is 1. The van der Waals surface area contributed by atoms with Gasteiger partial charge in [-0.2, -0.15) is 0 Å². The summed E-state index contributed by atoms with van der Waals surface area (Å²) in [6.45, 7) is 1.72. The Morgan fingerprint density at radius 3 is 3.10 bits per heavy atom. The molecule has 4 rings (SSSR count). The van der Waals surface area contributed by atoms with Gasteiger partial charge in [0.25, 0.3) is 5.56 Å². The minimum Gasteiger partial charge on any atom is -0.338 e. The molecule has 3 aromatic rings. The van der Waals surface area contributed by atoms with E-state index in [2.05, 4.69) is 26.3 Å². The molecule has 4 nitrogen and oxygen atoms in total. The van der Waals surface area contributed by atoms with E-state index in [0.717, 1.165) is 25.0 Å². The lowest BCUT2D eigenvalue weighted by Gasteiger charge is -2.27. The third-order valence-corrected chi connectivity index (χ3v) is 4.73. The van der Waals surface area contributed by atoms with Gasteiger partial charge >= 0.3 is 0 Å². The molecule has 0 unspecified atom stereocenters. The third-order valence-electron chi connectivity index (χ3n) is 3.71. The van der Waals surface area contributed by atoms with Crippen LogP contribution in [-0.2, 0) is 13.0 Å². The Kier molecular flexibility index (Phi) is 2.60. The first-order valence-corrected chi connectivity index (χ1v) is 7.48. The zero-order valence-corrected chi connectivity index (χ0v) is 11.6. The molecule has 1 aromatic carbocycles. The predicted octanol–water partition coefficient (Wildman–Crippen LogP) is 2.55. The van der Waals surface area contributed by atoms with Gasteiger partial charge in [0, 0.05) is 18.0 Å². The number of H-pyrrole nitrogens is 1. The molecule has 0 spiro atoms. The Morgan fingerprint density at radius 1 is 1.25 bits per heavy atom. The number of benzene rings is 1. The smallest absolute Gasteiger partial charge is 0.260 e. The van der Waals surface area contributed by atoms with Gasteiger partial charge in [-0.25, -0.2) is 4.98 Å². The quantitative estimate of drug-likeness (QED) is 0.746. The van der Waals surface area contributed by atoms with Gasteiger partial charge in [0.05, 0.1) is 10.9 Å². The Balaban J connectivity index is 1.78. The molecule has 100 valence electrons. The predicted molar refractivity (Wildman–Crippen MR) is 81.4 cm³/mol. The Morgan fingerprint density at radius 2 is 2.15 bits per heavy atom. The van der Waals surface area contributed by atoms with Gasteiger partial charge in [0.15, 0.2) is 0 Å².